The zero-order chi connectivity index (χ0) is 33.7. The third-order valence-corrected chi connectivity index (χ3v) is 9.73. The lowest BCUT2D eigenvalue weighted by molar-refractivity contribution is 0.487. The standard InChI is InChI=1S/C47H29N3O/c1-3-10-30(11-4-1)31-18-20-33(21-19-31)42-28-35(27-41(49-42)32-12-5-2-6-13-32)34-22-24-40-43(26-34)50-44(29-48-40)36-23-25-46-47-38(36)15-9-16-39(47)37-14-7-8-17-45(37)51-46/h1-29H. The summed E-state index contributed by atoms with van der Waals surface area (Å²) in [6, 6.07) is 58.9. The zero-order valence-corrected chi connectivity index (χ0v) is 27.5. The van der Waals surface area contributed by atoms with Gasteiger partial charge in [0.05, 0.1) is 34.3 Å². The summed E-state index contributed by atoms with van der Waals surface area (Å²) in [7, 11) is 0. The zero-order valence-electron chi connectivity index (χ0n) is 27.5. The molecule has 0 bridgehead atoms. The number of hydrogen-bond donors (Lipinski definition) is 0. The monoisotopic (exact) mass is 651 g/mol. The molecule has 238 valence electrons. The van der Waals surface area contributed by atoms with E-state index in [4.69, 9.17) is 19.7 Å². The second kappa shape index (κ2) is 11.9. The summed E-state index contributed by atoms with van der Waals surface area (Å²) in [6.45, 7) is 0. The van der Waals surface area contributed by atoms with Gasteiger partial charge in [0, 0.05) is 27.6 Å². The van der Waals surface area contributed by atoms with E-state index >= 15 is 0 Å². The van der Waals surface area contributed by atoms with Gasteiger partial charge in [-0.1, -0.05) is 127 Å². The van der Waals surface area contributed by atoms with Gasteiger partial charge in [0.2, 0.25) is 0 Å². The third-order valence-electron chi connectivity index (χ3n) is 9.73. The predicted molar refractivity (Wildman–Crippen MR) is 208 cm³/mol. The maximum atomic E-state index is 6.34. The molecular weight excluding hydrogens is 623 g/mol. The molecule has 0 radical (unpaired) electrons. The first-order valence-corrected chi connectivity index (χ1v) is 17.1. The highest BCUT2D eigenvalue weighted by atomic mass is 16.5. The molecule has 4 heteroatoms. The van der Waals surface area contributed by atoms with Gasteiger partial charge in [-0.3, -0.25) is 4.98 Å². The van der Waals surface area contributed by atoms with E-state index in [1.165, 1.54) is 16.7 Å². The first kappa shape index (κ1) is 29.0. The molecule has 9 aromatic rings. The van der Waals surface area contributed by atoms with Crippen LogP contribution < -0.4 is 4.74 Å². The van der Waals surface area contributed by atoms with E-state index in [0.29, 0.717) is 0 Å². The van der Waals surface area contributed by atoms with E-state index in [2.05, 4.69) is 146 Å². The van der Waals surface area contributed by atoms with Crippen molar-refractivity contribution < 1.29 is 4.74 Å². The van der Waals surface area contributed by atoms with Crippen molar-refractivity contribution in [2.75, 3.05) is 0 Å². The maximum Gasteiger partial charge on any atom is 0.135 e. The number of hydrogen-bond acceptors (Lipinski definition) is 4. The Morgan fingerprint density at radius 1 is 0.353 bits per heavy atom. The third kappa shape index (κ3) is 5.13. The van der Waals surface area contributed by atoms with Crippen LogP contribution in [-0.4, -0.2) is 15.0 Å². The van der Waals surface area contributed by atoms with E-state index in [1.807, 2.05) is 30.5 Å². The number of aromatic nitrogens is 3. The molecule has 0 saturated heterocycles. The lowest BCUT2D eigenvalue weighted by atomic mass is 9.92. The minimum Gasteiger partial charge on any atom is -0.456 e. The molecule has 1 aliphatic heterocycles. The molecular formula is C47H29N3O. The van der Waals surface area contributed by atoms with Crippen LogP contribution in [0.1, 0.15) is 0 Å². The molecule has 2 aromatic heterocycles. The topological polar surface area (TPSA) is 47.9 Å². The summed E-state index contributed by atoms with van der Waals surface area (Å²) >= 11 is 0. The van der Waals surface area contributed by atoms with Crippen molar-refractivity contribution in [3.63, 3.8) is 0 Å². The number of ether oxygens (including phenoxy) is 1. The van der Waals surface area contributed by atoms with Crippen molar-refractivity contribution in [2.45, 2.75) is 0 Å². The number of pyridine rings is 1. The highest BCUT2D eigenvalue weighted by molar-refractivity contribution is 6.09. The SMILES string of the molecule is c1ccc(-c2ccc(-c3cc(-c4ccc5ncc(-c6ccc7c8c(cccc68)-c6ccccc6O7)nc5c4)cc(-c4ccccc4)n3)cc2)cc1. The molecule has 0 spiro atoms. The lowest BCUT2D eigenvalue weighted by Gasteiger charge is -2.22. The molecule has 1 aliphatic rings. The molecule has 3 heterocycles. The van der Waals surface area contributed by atoms with Gasteiger partial charge < -0.3 is 4.74 Å². The van der Waals surface area contributed by atoms with Gasteiger partial charge >= 0.3 is 0 Å². The minimum atomic E-state index is 0.820. The summed E-state index contributed by atoms with van der Waals surface area (Å²) in [4.78, 5) is 15.2. The maximum absolute atomic E-state index is 6.34. The van der Waals surface area contributed by atoms with E-state index in [-0.39, 0.29) is 0 Å². The summed E-state index contributed by atoms with van der Waals surface area (Å²) in [5, 5.41) is 2.19. The van der Waals surface area contributed by atoms with Gasteiger partial charge in [-0.25, -0.2) is 9.97 Å². The quantitative estimate of drug-likeness (QED) is 0.186. The molecule has 51 heavy (non-hydrogen) atoms. The van der Waals surface area contributed by atoms with E-state index in [9.17, 15) is 0 Å². The molecule has 0 fully saturated rings. The van der Waals surface area contributed by atoms with Crippen molar-refractivity contribution >= 4 is 21.8 Å². The lowest BCUT2D eigenvalue weighted by Crippen LogP contribution is -1.98. The first-order valence-electron chi connectivity index (χ1n) is 17.1. The molecule has 7 aromatic carbocycles. The second-order valence-electron chi connectivity index (χ2n) is 12.8. The van der Waals surface area contributed by atoms with Gasteiger partial charge in [0.25, 0.3) is 0 Å². The Morgan fingerprint density at radius 3 is 1.80 bits per heavy atom. The Hall–Kier alpha value is -6.91. The van der Waals surface area contributed by atoms with Crippen LogP contribution in [0.2, 0.25) is 0 Å². The van der Waals surface area contributed by atoms with Crippen molar-refractivity contribution in [1.82, 2.24) is 15.0 Å². The average Bonchev–Trinajstić information content (AvgIpc) is 3.21. The van der Waals surface area contributed by atoms with Crippen molar-refractivity contribution in [1.29, 1.82) is 0 Å². The van der Waals surface area contributed by atoms with Crippen LogP contribution in [0.15, 0.2) is 176 Å². The van der Waals surface area contributed by atoms with Crippen LogP contribution in [0.4, 0.5) is 0 Å². The van der Waals surface area contributed by atoms with Crippen molar-refractivity contribution in [2.24, 2.45) is 0 Å². The second-order valence-corrected chi connectivity index (χ2v) is 12.8. The van der Waals surface area contributed by atoms with Crippen LogP contribution >= 0.6 is 0 Å². The Balaban J connectivity index is 1.08. The first-order chi connectivity index (χ1) is 25.2. The van der Waals surface area contributed by atoms with Crippen LogP contribution in [0.3, 0.4) is 0 Å². The molecule has 0 atom stereocenters. The number of para-hydroxylation sites is 1. The van der Waals surface area contributed by atoms with Crippen LogP contribution in [-0.2, 0) is 0 Å². The average molecular weight is 652 g/mol. The fraction of sp³-hybridized carbons (Fsp3) is 0. The van der Waals surface area contributed by atoms with Crippen molar-refractivity contribution in [3.8, 4) is 78.7 Å². The number of benzene rings is 7. The normalized spacial score (nSPS) is 11.7. The fourth-order valence-electron chi connectivity index (χ4n) is 7.19. The Kier molecular flexibility index (Phi) is 6.78. The molecule has 0 saturated carbocycles. The van der Waals surface area contributed by atoms with Gasteiger partial charge in [-0.05, 0) is 75.7 Å². The highest BCUT2D eigenvalue weighted by Crippen LogP contribution is 2.48. The van der Waals surface area contributed by atoms with Crippen LogP contribution in [0, 0.1) is 0 Å². The minimum absolute atomic E-state index is 0.820. The van der Waals surface area contributed by atoms with Crippen LogP contribution in [0.5, 0.6) is 11.5 Å². The molecule has 0 amide bonds. The molecule has 10 rings (SSSR count). The Labute approximate surface area is 295 Å². The van der Waals surface area contributed by atoms with Crippen molar-refractivity contribution in [3.05, 3.63) is 176 Å². The summed E-state index contributed by atoms with van der Waals surface area (Å²) in [5.74, 6) is 1.73. The van der Waals surface area contributed by atoms with E-state index in [1.54, 1.807) is 0 Å². The molecule has 4 nitrogen and oxygen atoms in total. The Morgan fingerprint density at radius 2 is 1.00 bits per heavy atom. The molecule has 0 unspecified atom stereocenters. The Bertz CT molecular complexity index is 2760. The number of fused-ring (bicyclic) bond motifs is 3. The molecule has 0 aliphatic carbocycles. The van der Waals surface area contributed by atoms with Gasteiger partial charge in [-0.15, -0.1) is 0 Å². The van der Waals surface area contributed by atoms with Gasteiger partial charge in [-0.2, -0.15) is 0 Å². The highest BCUT2D eigenvalue weighted by Gasteiger charge is 2.21. The van der Waals surface area contributed by atoms with Gasteiger partial charge in [0.15, 0.2) is 0 Å². The predicted octanol–water partition coefficient (Wildman–Crippen LogP) is 12.3. The summed E-state index contributed by atoms with van der Waals surface area (Å²) in [6.07, 6.45) is 1.88. The smallest absolute Gasteiger partial charge is 0.135 e. The van der Waals surface area contributed by atoms with E-state index < -0.39 is 0 Å². The number of nitrogens with zero attached hydrogens (tertiary/aromatic N) is 3. The van der Waals surface area contributed by atoms with E-state index in [0.717, 1.165) is 83.8 Å². The summed E-state index contributed by atoms with van der Waals surface area (Å²) in [5.41, 5.74) is 14.2. The van der Waals surface area contributed by atoms with Gasteiger partial charge in [0.1, 0.15) is 11.5 Å². The largest absolute Gasteiger partial charge is 0.456 e. The van der Waals surface area contributed by atoms with Crippen LogP contribution in [0.25, 0.3) is 89.0 Å². The molecule has 0 N–H and O–H groups in total. The fourth-order valence-corrected chi connectivity index (χ4v) is 7.19. The summed E-state index contributed by atoms with van der Waals surface area (Å²) < 4.78 is 6.34. The number of rotatable bonds is 5.